The highest BCUT2D eigenvalue weighted by molar-refractivity contribution is 14.1. The number of hydrogen-bond donors (Lipinski definition) is 1. The maximum Gasteiger partial charge on any atom is 0.271 e. The fraction of sp³-hybridized carbons (Fsp3) is 0.133. The number of hydrogen-bond acceptors (Lipinski definition) is 5. The molecule has 0 aliphatic carbocycles. The van der Waals surface area contributed by atoms with E-state index in [4.69, 9.17) is 9.47 Å². The summed E-state index contributed by atoms with van der Waals surface area (Å²) in [5.41, 5.74) is 0.634. The minimum Gasteiger partial charge on any atom is -0.493 e. The summed E-state index contributed by atoms with van der Waals surface area (Å²) in [6.45, 7) is 0. The minimum absolute atomic E-state index is 0.0928. The summed E-state index contributed by atoms with van der Waals surface area (Å²) >= 11 is 2.01. The van der Waals surface area contributed by atoms with Crippen molar-refractivity contribution >= 4 is 39.9 Å². The Bertz CT molecular complexity index is 764. The van der Waals surface area contributed by atoms with E-state index in [2.05, 4.69) is 5.32 Å². The zero-order valence-electron chi connectivity index (χ0n) is 12.3. The Kier molecular flexibility index (Phi) is 5.37. The molecule has 23 heavy (non-hydrogen) atoms. The number of carbonyl (C=O) groups is 1. The van der Waals surface area contributed by atoms with Crippen LogP contribution in [-0.4, -0.2) is 25.1 Å². The van der Waals surface area contributed by atoms with Crippen LogP contribution < -0.4 is 14.8 Å². The van der Waals surface area contributed by atoms with E-state index in [1.807, 2.05) is 22.6 Å². The van der Waals surface area contributed by atoms with Gasteiger partial charge in [0.25, 0.3) is 11.6 Å². The Balaban J connectivity index is 2.31. The molecule has 0 unspecified atom stereocenters. The number of anilines is 1. The number of rotatable bonds is 5. The molecule has 0 saturated carbocycles. The summed E-state index contributed by atoms with van der Waals surface area (Å²) in [5.74, 6) is 0.553. The SMILES string of the molecule is COc1cc(I)c(C(=O)Nc2cccc([N+](=O)[O-])c2)cc1OC. The number of nitrogens with one attached hydrogen (secondary N) is 1. The first-order valence-corrected chi connectivity index (χ1v) is 7.51. The van der Waals surface area contributed by atoms with Crippen LogP contribution in [0.25, 0.3) is 0 Å². The summed E-state index contributed by atoms with van der Waals surface area (Å²) in [7, 11) is 2.99. The van der Waals surface area contributed by atoms with Gasteiger partial charge >= 0.3 is 0 Å². The maximum absolute atomic E-state index is 12.4. The molecule has 1 amide bonds. The van der Waals surface area contributed by atoms with E-state index < -0.39 is 10.8 Å². The number of benzene rings is 2. The first kappa shape index (κ1) is 17.0. The molecule has 7 nitrogen and oxygen atoms in total. The topological polar surface area (TPSA) is 90.7 Å². The number of ether oxygens (including phenoxy) is 2. The fourth-order valence-electron chi connectivity index (χ4n) is 1.92. The standard InChI is InChI=1S/C15H13IN2O5/c1-22-13-7-11(12(16)8-14(13)23-2)15(19)17-9-4-3-5-10(6-9)18(20)21/h3-8H,1-2H3,(H,17,19). The third-order valence-corrected chi connectivity index (χ3v) is 3.93. The summed E-state index contributed by atoms with van der Waals surface area (Å²) in [5, 5.41) is 13.4. The number of methoxy groups -OCH3 is 2. The van der Waals surface area contributed by atoms with Crippen LogP contribution in [0.5, 0.6) is 11.5 Å². The van der Waals surface area contributed by atoms with Gasteiger partial charge in [0.05, 0.1) is 24.7 Å². The number of nitro benzene ring substituents is 1. The molecular weight excluding hydrogens is 415 g/mol. The van der Waals surface area contributed by atoms with Gasteiger partial charge in [-0.1, -0.05) is 6.07 Å². The lowest BCUT2D eigenvalue weighted by molar-refractivity contribution is -0.384. The van der Waals surface area contributed by atoms with E-state index in [9.17, 15) is 14.9 Å². The molecule has 0 bridgehead atoms. The summed E-state index contributed by atoms with van der Waals surface area (Å²) in [6.07, 6.45) is 0. The first-order valence-electron chi connectivity index (χ1n) is 6.43. The zero-order valence-corrected chi connectivity index (χ0v) is 14.5. The smallest absolute Gasteiger partial charge is 0.271 e. The Hall–Kier alpha value is -2.36. The lowest BCUT2D eigenvalue weighted by Crippen LogP contribution is -2.14. The zero-order chi connectivity index (χ0) is 17.0. The monoisotopic (exact) mass is 428 g/mol. The van der Waals surface area contributed by atoms with Gasteiger partial charge in [0, 0.05) is 21.4 Å². The van der Waals surface area contributed by atoms with Gasteiger partial charge in [0.1, 0.15) is 0 Å². The Morgan fingerprint density at radius 3 is 2.43 bits per heavy atom. The van der Waals surface area contributed by atoms with Crippen LogP contribution in [-0.2, 0) is 0 Å². The van der Waals surface area contributed by atoms with Crippen molar-refractivity contribution in [3.63, 3.8) is 0 Å². The van der Waals surface area contributed by atoms with Crippen molar-refractivity contribution in [1.82, 2.24) is 0 Å². The first-order chi connectivity index (χ1) is 11.0. The molecule has 0 aliphatic rings. The van der Waals surface area contributed by atoms with Gasteiger partial charge in [-0.25, -0.2) is 0 Å². The molecule has 0 fully saturated rings. The van der Waals surface area contributed by atoms with Gasteiger partial charge in [-0.15, -0.1) is 0 Å². The highest BCUT2D eigenvalue weighted by atomic mass is 127. The van der Waals surface area contributed by atoms with Gasteiger partial charge in [-0.2, -0.15) is 0 Å². The van der Waals surface area contributed by atoms with Crippen LogP contribution in [0, 0.1) is 13.7 Å². The predicted molar refractivity (Wildman–Crippen MR) is 93.3 cm³/mol. The van der Waals surface area contributed by atoms with Crippen LogP contribution in [0.2, 0.25) is 0 Å². The van der Waals surface area contributed by atoms with Crippen molar-refractivity contribution in [3.05, 3.63) is 55.6 Å². The van der Waals surface area contributed by atoms with Crippen LogP contribution in [0.1, 0.15) is 10.4 Å². The maximum atomic E-state index is 12.4. The van der Waals surface area contributed by atoms with Gasteiger partial charge < -0.3 is 14.8 Å². The number of nitro groups is 1. The van der Waals surface area contributed by atoms with Crippen molar-refractivity contribution < 1.29 is 19.2 Å². The molecule has 2 aromatic carbocycles. The average molecular weight is 428 g/mol. The van der Waals surface area contributed by atoms with Crippen molar-refractivity contribution in [2.75, 3.05) is 19.5 Å². The molecule has 8 heteroatoms. The minimum atomic E-state index is -0.518. The second-order valence-electron chi connectivity index (χ2n) is 4.45. The average Bonchev–Trinajstić information content (AvgIpc) is 2.54. The van der Waals surface area contributed by atoms with Crippen molar-refractivity contribution in [3.8, 4) is 11.5 Å². The van der Waals surface area contributed by atoms with Gasteiger partial charge in [0.2, 0.25) is 0 Å². The third-order valence-electron chi connectivity index (χ3n) is 3.03. The highest BCUT2D eigenvalue weighted by Crippen LogP contribution is 2.31. The normalized spacial score (nSPS) is 10.0. The molecule has 2 rings (SSSR count). The number of non-ortho nitro benzene ring substituents is 1. The lowest BCUT2D eigenvalue weighted by Gasteiger charge is -2.12. The van der Waals surface area contributed by atoms with Crippen LogP contribution in [0.3, 0.4) is 0 Å². The Labute approximate surface area is 145 Å². The second-order valence-corrected chi connectivity index (χ2v) is 5.61. The predicted octanol–water partition coefficient (Wildman–Crippen LogP) is 3.47. The summed E-state index contributed by atoms with van der Waals surface area (Å²) in [6, 6.07) is 8.99. The quantitative estimate of drug-likeness (QED) is 0.448. The Morgan fingerprint density at radius 2 is 1.83 bits per heavy atom. The van der Waals surface area contributed by atoms with Crippen molar-refractivity contribution in [2.45, 2.75) is 0 Å². The van der Waals surface area contributed by atoms with E-state index in [-0.39, 0.29) is 5.69 Å². The number of nitrogens with zero attached hydrogens (tertiary/aromatic N) is 1. The number of halogens is 1. The number of carbonyl (C=O) groups excluding carboxylic acids is 1. The molecule has 0 aliphatic heterocycles. The summed E-state index contributed by atoms with van der Waals surface area (Å²) < 4.78 is 11.0. The molecule has 2 aromatic rings. The third kappa shape index (κ3) is 3.89. The van der Waals surface area contributed by atoms with Crippen LogP contribution >= 0.6 is 22.6 Å². The molecule has 120 valence electrons. The molecule has 0 radical (unpaired) electrons. The molecule has 0 atom stereocenters. The molecule has 0 aromatic heterocycles. The van der Waals surface area contributed by atoms with E-state index in [0.717, 1.165) is 0 Å². The molecule has 0 spiro atoms. The number of amides is 1. The highest BCUT2D eigenvalue weighted by Gasteiger charge is 2.16. The van der Waals surface area contributed by atoms with E-state index in [1.165, 1.54) is 32.4 Å². The molecule has 1 N–H and O–H groups in total. The van der Waals surface area contributed by atoms with Crippen LogP contribution in [0.15, 0.2) is 36.4 Å². The van der Waals surface area contributed by atoms with E-state index >= 15 is 0 Å². The molecular formula is C15H13IN2O5. The summed E-state index contributed by atoms with van der Waals surface area (Å²) in [4.78, 5) is 22.7. The lowest BCUT2D eigenvalue weighted by atomic mass is 10.1. The molecule has 0 heterocycles. The Morgan fingerprint density at radius 1 is 1.17 bits per heavy atom. The second kappa shape index (κ2) is 7.27. The van der Waals surface area contributed by atoms with Crippen molar-refractivity contribution in [1.29, 1.82) is 0 Å². The fourth-order valence-corrected chi connectivity index (χ4v) is 2.61. The van der Waals surface area contributed by atoms with Gasteiger partial charge in [0.15, 0.2) is 11.5 Å². The van der Waals surface area contributed by atoms with E-state index in [1.54, 1.807) is 18.2 Å². The van der Waals surface area contributed by atoms with Gasteiger partial charge in [-0.05, 0) is 40.8 Å². The van der Waals surface area contributed by atoms with Gasteiger partial charge in [-0.3, -0.25) is 14.9 Å². The van der Waals surface area contributed by atoms with Crippen LogP contribution in [0.4, 0.5) is 11.4 Å². The van der Waals surface area contributed by atoms with E-state index in [0.29, 0.717) is 26.3 Å². The largest absolute Gasteiger partial charge is 0.493 e. The van der Waals surface area contributed by atoms with Crippen molar-refractivity contribution in [2.24, 2.45) is 0 Å². The molecule has 0 saturated heterocycles.